The second kappa shape index (κ2) is 6.71. The van der Waals surface area contributed by atoms with Gasteiger partial charge in [0, 0.05) is 0 Å². The van der Waals surface area contributed by atoms with Gasteiger partial charge in [-0.25, -0.2) is 4.98 Å². The number of nitrogens with one attached hydrogen (secondary N) is 1. The normalized spacial score (nSPS) is 12.2. The molecule has 1 heterocycles. The Morgan fingerprint density at radius 1 is 1.21 bits per heavy atom. The molecule has 0 amide bonds. The molecule has 0 fully saturated rings. The molecule has 24 heavy (non-hydrogen) atoms. The van der Waals surface area contributed by atoms with Gasteiger partial charge in [0.15, 0.2) is 5.82 Å². The molecule has 0 aliphatic rings. The number of benzene rings is 2. The molecule has 118 valence electrons. The first-order valence-corrected chi connectivity index (χ1v) is 7.32. The molecule has 1 aromatic heterocycles. The van der Waals surface area contributed by atoms with E-state index in [9.17, 15) is 10.4 Å². The lowest BCUT2D eigenvalue weighted by Crippen LogP contribution is -1.90. The monoisotopic (exact) mass is 317 g/mol. The standard InChI is InChI=1S/C19H15N3O2/c1-24-14-9-6-13(7-10-14)8-11-18(23)15(12-20)19-21-16-4-2-3-5-17(16)22-19/h2-11,23H,1H3,(H,21,22)/b11-8?,18-15-. The number of nitrogens with zero attached hydrogens (tertiary/aromatic N) is 2. The van der Waals surface area contributed by atoms with E-state index in [1.165, 1.54) is 6.08 Å². The quantitative estimate of drug-likeness (QED) is 0.431. The third-order valence-electron chi connectivity index (χ3n) is 3.54. The Kier molecular flexibility index (Phi) is 4.30. The van der Waals surface area contributed by atoms with Gasteiger partial charge in [-0.1, -0.05) is 30.3 Å². The second-order valence-electron chi connectivity index (χ2n) is 5.08. The lowest BCUT2D eigenvalue weighted by Gasteiger charge is -1.99. The first-order chi connectivity index (χ1) is 11.7. The van der Waals surface area contributed by atoms with Gasteiger partial charge in [0.05, 0.1) is 18.1 Å². The van der Waals surface area contributed by atoms with Crippen molar-refractivity contribution in [3.63, 3.8) is 0 Å². The van der Waals surface area contributed by atoms with Crippen LogP contribution in [0.2, 0.25) is 0 Å². The smallest absolute Gasteiger partial charge is 0.152 e. The fraction of sp³-hybridized carbons (Fsp3) is 0.0526. The molecule has 0 saturated carbocycles. The fourth-order valence-electron chi connectivity index (χ4n) is 2.28. The molecule has 5 nitrogen and oxygen atoms in total. The highest BCUT2D eigenvalue weighted by Gasteiger charge is 2.11. The molecule has 0 saturated heterocycles. The van der Waals surface area contributed by atoms with E-state index in [2.05, 4.69) is 9.97 Å². The number of aliphatic hydroxyl groups excluding tert-OH is 1. The van der Waals surface area contributed by atoms with E-state index >= 15 is 0 Å². The van der Waals surface area contributed by atoms with Crippen molar-refractivity contribution in [2.75, 3.05) is 7.11 Å². The van der Waals surface area contributed by atoms with Gasteiger partial charge in [-0.15, -0.1) is 0 Å². The number of allylic oxidation sites excluding steroid dienone is 2. The lowest BCUT2D eigenvalue weighted by molar-refractivity contribution is 0.415. The van der Waals surface area contributed by atoms with Gasteiger partial charge in [-0.3, -0.25) is 0 Å². The molecule has 2 aromatic carbocycles. The van der Waals surface area contributed by atoms with E-state index in [-0.39, 0.29) is 11.3 Å². The summed E-state index contributed by atoms with van der Waals surface area (Å²) in [5.74, 6) is 0.954. The summed E-state index contributed by atoms with van der Waals surface area (Å²) in [4.78, 5) is 7.38. The van der Waals surface area contributed by atoms with E-state index in [0.29, 0.717) is 5.82 Å². The first-order valence-electron chi connectivity index (χ1n) is 7.32. The van der Waals surface area contributed by atoms with Crippen molar-refractivity contribution in [3.8, 4) is 11.8 Å². The number of ether oxygens (including phenoxy) is 1. The van der Waals surface area contributed by atoms with Crippen LogP contribution >= 0.6 is 0 Å². The van der Waals surface area contributed by atoms with Gasteiger partial charge in [0.2, 0.25) is 0 Å². The third kappa shape index (κ3) is 3.13. The lowest BCUT2D eigenvalue weighted by atomic mass is 10.1. The molecular weight excluding hydrogens is 302 g/mol. The number of H-pyrrole nitrogens is 1. The van der Waals surface area contributed by atoms with Crippen LogP contribution in [-0.4, -0.2) is 22.2 Å². The Bertz CT molecular complexity index is 927. The minimum atomic E-state index is -0.146. The number of para-hydroxylation sites is 2. The molecule has 2 N–H and O–H groups in total. The molecule has 0 aliphatic carbocycles. The van der Waals surface area contributed by atoms with Crippen LogP contribution in [0.15, 0.2) is 60.4 Å². The van der Waals surface area contributed by atoms with Gasteiger partial charge >= 0.3 is 0 Å². The molecule has 5 heteroatoms. The number of aromatic amines is 1. The van der Waals surface area contributed by atoms with E-state index in [1.54, 1.807) is 13.2 Å². The van der Waals surface area contributed by atoms with E-state index in [1.807, 2.05) is 54.6 Å². The van der Waals surface area contributed by atoms with Crippen molar-refractivity contribution in [2.45, 2.75) is 0 Å². The van der Waals surface area contributed by atoms with Crippen LogP contribution in [-0.2, 0) is 0 Å². The average Bonchev–Trinajstić information content (AvgIpc) is 3.04. The second-order valence-corrected chi connectivity index (χ2v) is 5.08. The predicted octanol–water partition coefficient (Wildman–Crippen LogP) is 4.08. The number of aromatic nitrogens is 2. The number of rotatable bonds is 4. The fourth-order valence-corrected chi connectivity index (χ4v) is 2.28. The van der Waals surface area contributed by atoms with Crippen LogP contribution in [0.1, 0.15) is 11.4 Å². The topological polar surface area (TPSA) is 81.9 Å². The molecule has 3 aromatic rings. The SMILES string of the molecule is COc1ccc(C=C/C(O)=C(\C#N)c2nc3ccccc3[nH]2)cc1. The van der Waals surface area contributed by atoms with Crippen molar-refractivity contribution in [1.82, 2.24) is 9.97 Å². The number of nitriles is 1. The van der Waals surface area contributed by atoms with Crippen molar-refractivity contribution in [1.29, 1.82) is 5.26 Å². The predicted molar refractivity (Wildman–Crippen MR) is 93.3 cm³/mol. The summed E-state index contributed by atoms with van der Waals surface area (Å²) in [6, 6.07) is 16.8. The molecule has 3 rings (SSSR count). The molecule has 0 atom stereocenters. The Morgan fingerprint density at radius 3 is 2.62 bits per heavy atom. The molecule has 0 unspecified atom stereocenters. The van der Waals surface area contributed by atoms with Gasteiger partial charge in [-0.2, -0.15) is 5.26 Å². The van der Waals surface area contributed by atoms with E-state index in [4.69, 9.17) is 4.74 Å². The zero-order valence-electron chi connectivity index (χ0n) is 13.0. The Hall–Kier alpha value is -3.52. The minimum absolute atomic E-state index is 0.0935. The summed E-state index contributed by atoms with van der Waals surface area (Å²) in [5.41, 5.74) is 2.53. The van der Waals surface area contributed by atoms with Gasteiger partial charge in [-0.05, 0) is 35.9 Å². The molecule has 0 aliphatic heterocycles. The summed E-state index contributed by atoms with van der Waals surface area (Å²) < 4.78 is 5.10. The van der Waals surface area contributed by atoms with E-state index in [0.717, 1.165) is 22.3 Å². The Balaban J connectivity index is 1.91. The number of methoxy groups -OCH3 is 1. The minimum Gasteiger partial charge on any atom is -0.506 e. The van der Waals surface area contributed by atoms with Gasteiger partial charge < -0.3 is 14.8 Å². The van der Waals surface area contributed by atoms with Crippen LogP contribution < -0.4 is 4.74 Å². The van der Waals surface area contributed by atoms with Gasteiger partial charge in [0.25, 0.3) is 0 Å². The first kappa shape index (κ1) is 15.4. The van der Waals surface area contributed by atoms with Crippen molar-refractivity contribution >= 4 is 22.7 Å². The van der Waals surface area contributed by atoms with Crippen LogP contribution in [0.3, 0.4) is 0 Å². The zero-order chi connectivity index (χ0) is 16.9. The highest BCUT2D eigenvalue weighted by Crippen LogP contribution is 2.20. The maximum atomic E-state index is 10.2. The molecular formula is C19H15N3O2. The number of imidazole rings is 1. The Labute approximate surface area is 139 Å². The number of fused-ring (bicyclic) bond motifs is 1. The number of aliphatic hydroxyl groups is 1. The molecule has 0 bridgehead atoms. The summed E-state index contributed by atoms with van der Waals surface area (Å²) in [6.45, 7) is 0. The third-order valence-corrected chi connectivity index (χ3v) is 3.54. The van der Waals surface area contributed by atoms with Crippen molar-refractivity contribution in [3.05, 3.63) is 71.8 Å². The average molecular weight is 317 g/mol. The van der Waals surface area contributed by atoms with Crippen LogP contribution in [0.25, 0.3) is 22.7 Å². The summed E-state index contributed by atoms with van der Waals surface area (Å²) >= 11 is 0. The summed E-state index contributed by atoms with van der Waals surface area (Å²) in [5, 5.41) is 19.6. The molecule has 0 radical (unpaired) electrons. The number of hydrogen-bond donors (Lipinski definition) is 2. The van der Waals surface area contributed by atoms with Crippen molar-refractivity contribution in [2.24, 2.45) is 0 Å². The van der Waals surface area contributed by atoms with E-state index < -0.39 is 0 Å². The maximum Gasteiger partial charge on any atom is 0.152 e. The van der Waals surface area contributed by atoms with Crippen LogP contribution in [0.5, 0.6) is 5.75 Å². The maximum absolute atomic E-state index is 10.2. The highest BCUT2D eigenvalue weighted by molar-refractivity contribution is 5.83. The highest BCUT2D eigenvalue weighted by atomic mass is 16.5. The zero-order valence-corrected chi connectivity index (χ0v) is 13.0. The van der Waals surface area contributed by atoms with Crippen molar-refractivity contribution < 1.29 is 9.84 Å². The largest absolute Gasteiger partial charge is 0.506 e. The van der Waals surface area contributed by atoms with Gasteiger partial charge in [0.1, 0.15) is 23.2 Å². The summed E-state index contributed by atoms with van der Waals surface area (Å²) in [7, 11) is 1.60. The Morgan fingerprint density at radius 2 is 1.96 bits per heavy atom. The van der Waals surface area contributed by atoms with Crippen LogP contribution in [0, 0.1) is 11.3 Å². The van der Waals surface area contributed by atoms with Crippen LogP contribution in [0.4, 0.5) is 0 Å². The molecule has 0 spiro atoms. The number of hydrogen-bond acceptors (Lipinski definition) is 4. The summed E-state index contributed by atoms with van der Waals surface area (Å²) in [6.07, 6.45) is 3.20.